The van der Waals surface area contributed by atoms with Gasteiger partial charge in [0.05, 0.1) is 0 Å². The zero-order valence-electron chi connectivity index (χ0n) is 8.56. The Morgan fingerprint density at radius 2 is 2.07 bits per heavy atom. The second-order valence-electron chi connectivity index (χ2n) is 2.99. The molecule has 0 aromatic carbocycles. The van der Waals surface area contributed by atoms with Crippen LogP contribution in [0.5, 0.6) is 0 Å². The zero-order valence-corrected chi connectivity index (χ0v) is 8.56. The van der Waals surface area contributed by atoms with Crippen LogP contribution in [0.2, 0.25) is 0 Å². The molecule has 5 N–H and O–H groups in total. The third kappa shape index (κ3) is 3.03. The Balaban J connectivity index is 2.78. The van der Waals surface area contributed by atoms with E-state index in [1.54, 1.807) is 18.2 Å². The molecule has 0 aromatic rings. The monoisotopic (exact) mass is 208 g/mol. The van der Waals surface area contributed by atoms with Gasteiger partial charge in [-0.1, -0.05) is 12.2 Å². The number of nitrogens with one attached hydrogen (secondary N) is 1. The maximum Gasteiger partial charge on any atom is 0.150 e. The number of hydrazone groups is 1. The summed E-state index contributed by atoms with van der Waals surface area (Å²) in [6, 6.07) is 0. The molecule has 0 spiro atoms. The van der Waals surface area contributed by atoms with E-state index in [2.05, 4.69) is 23.7 Å². The Hall–Kier alpha value is -1.95. The summed E-state index contributed by atoms with van der Waals surface area (Å²) in [6.07, 6.45) is 5.28. The van der Waals surface area contributed by atoms with E-state index in [1.165, 1.54) is 0 Å². The van der Waals surface area contributed by atoms with Gasteiger partial charge in [-0.3, -0.25) is 5.43 Å². The van der Waals surface area contributed by atoms with Gasteiger partial charge in [0.2, 0.25) is 0 Å². The second kappa shape index (κ2) is 5.06. The van der Waals surface area contributed by atoms with Gasteiger partial charge in [-0.05, 0) is 0 Å². The molecule has 0 bridgehead atoms. The van der Waals surface area contributed by atoms with E-state index in [4.69, 9.17) is 11.6 Å². The number of nitrogens with two attached hydrogens (primary N) is 2. The maximum atomic E-state index is 5.58. The predicted octanol–water partition coefficient (Wildman–Crippen LogP) is -0.532. The van der Waals surface area contributed by atoms with Crippen LogP contribution < -0.4 is 17.0 Å². The predicted molar refractivity (Wildman–Crippen MR) is 60.8 cm³/mol. The molecule has 82 valence electrons. The quantitative estimate of drug-likeness (QED) is 0.418. The van der Waals surface area contributed by atoms with Crippen molar-refractivity contribution in [1.29, 1.82) is 0 Å². The molecular formula is C9H16N6. The standard InChI is InChI=1S/C9H16N6/c1-3-5-14(6-4-2)9-7-8(10)12-15(11)13-9/h3-4,7,13H,1-2,5-6,11H2,(H2,10,12). The van der Waals surface area contributed by atoms with Gasteiger partial charge in [0, 0.05) is 19.2 Å². The van der Waals surface area contributed by atoms with Crippen LogP contribution in [-0.4, -0.2) is 29.1 Å². The van der Waals surface area contributed by atoms with Crippen molar-refractivity contribution in [3.8, 4) is 0 Å². The average Bonchev–Trinajstić information content (AvgIpc) is 2.16. The van der Waals surface area contributed by atoms with E-state index in [-0.39, 0.29) is 0 Å². The minimum absolute atomic E-state index is 0.351. The second-order valence-corrected chi connectivity index (χ2v) is 2.99. The first-order valence-electron chi connectivity index (χ1n) is 4.51. The Kier molecular flexibility index (Phi) is 3.75. The summed E-state index contributed by atoms with van der Waals surface area (Å²) in [4.78, 5) is 1.97. The molecular weight excluding hydrogens is 192 g/mol. The summed E-state index contributed by atoms with van der Waals surface area (Å²) in [5.41, 5.74) is 8.43. The number of rotatable bonds is 5. The minimum Gasteiger partial charge on any atom is -0.382 e. The average molecular weight is 208 g/mol. The molecule has 6 nitrogen and oxygen atoms in total. The molecule has 1 aliphatic heterocycles. The molecule has 0 saturated carbocycles. The molecule has 0 amide bonds. The Morgan fingerprint density at radius 1 is 1.47 bits per heavy atom. The van der Waals surface area contributed by atoms with Gasteiger partial charge < -0.3 is 10.6 Å². The van der Waals surface area contributed by atoms with Crippen molar-refractivity contribution in [2.24, 2.45) is 16.7 Å². The minimum atomic E-state index is 0.351. The van der Waals surface area contributed by atoms with Crippen LogP contribution in [0.1, 0.15) is 0 Å². The van der Waals surface area contributed by atoms with Crippen LogP contribution in [0, 0.1) is 0 Å². The normalized spacial score (nSPS) is 14.9. The van der Waals surface area contributed by atoms with Crippen molar-refractivity contribution in [1.82, 2.24) is 15.6 Å². The van der Waals surface area contributed by atoms with Crippen molar-refractivity contribution in [2.45, 2.75) is 0 Å². The highest BCUT2D eigenvalue weighted by Gasteiger charge is 2.12. The molecule has 6 heteroatoms. The van der Waals surface area contributed by atoms with Crippen LogP contribution in [0.15, 0.2) is 42.3 Å². The van der Waals surface area contributed by atoms with Crippen LogP contribution in [-0.2, 0) is 0 Å². The molecule has 0 aliphatic carbocycles. The van der Waals surface area contributed by atoms with Crippen molar-refractivity contribution < 1.29 is 0 Å². The van der Waals surface area contributed by atoms with Gasteiger partial charge in [0.1, 0.15) is 5.82 Å². The molecule has 0 aromatic heterocycles. The topological polar surface area (TPSA) is 82.9 Å². The molecule has 0 atom stereocenters. The maximum absolute atomic E-state index is 5.58. The van der Waals surface area contributed by atoms with Crippen molar-refractivity contribution in [3.05, 3.63) is 37.2 Å². The van der Waals surface area contributed by atoms with E-state index in [0.29, 0.717) is 18.9 Å². The molecule has 15 heavy (non-hydrogen) atoms. The number of nitrogens with zero attached hydrogens (tertiary/aromatic N) is 3. The van der Waals surface area contributed by atoms with Crippen LogP contribution >= 0.6 is 0 Å². The van der Waals surface area contributed by atoms with Crippen molar-refractivity contribution in [2.75, 3.05) is 13.1 Å². The lowest BCUT2D eigenvalue weighted by Crippen LogP contribution is -2.48. The summed E-state index contributed by atoms with van der Waals surface area (Å²) >= 11 is 0. The number of hydrogen-bond donors (Lipinski definition) is 3. The molecule has 1 heterocycles. The summed E-state index contributed by atoms with van der Waals surface area (Å²) in [7, 11) is 0. The van der Waals surface area contributed by atoms with Crippen LogP contribution in [0.3, 0.4) is 0 Å². The summed E-state index contributed by atoms with van der Waals surface area (Å²) < 4.78 is 0. The van der Waals surface area contributed by atoms with E-state index in [0.717, 1.165) is 11.0 Å². The smallest absolute Gasteiger partial charge is 0.150 e. The fraction of sp³-hybridized carbons (Fsp3) is 0.222. The summed E-state index contributed by atoms with van der Waals surface area (Å²) in [6.45, 7) is 8.70. The largest absolute Gasteiger partial charge is 0.382 e. The summed E-state index contributed by atoms with van der Waals surface area (Å²) in [5.74, 6) is 6.60. The molecule has 1 aliphatic rings. The fourth-order valence-electron chi connectivity index (χ4n) is 1.21. The highest BCUT2D eigenvalue weighted by Crippen LogP contribution is 2.04. The molecule has 1 rings (SSSR count). The Morgan fingerprint density at radius 3 is 2.53 bits per heavy atom. The van der Waals surface area contributed by atoms with Crippen molar-refractivity contribution in [3.63, 3.8) is 0 Å². The van der Waals surface area contributed by atoms with Crippen LogP contribution in [0.4, 0.5) is 0 Å². The first-order valence-corrected chi connectivity index (χ1v) is 4.51. The van der Waals surface area contributed by atoms with E-state index < -0.39 is 0 Å². The molecule has 0 unspecified atom stereocenters. The lowest BCUT2D eigenvalue weighted by molar-refractivity contribution is 0.185. The highest BCUT2D eigenvalue weighted by atomic mass is 15.8. The third-order valence-corrected chi connectivity index (χ3v) is 1.78. The molecule has 0 saturated heterocycles. The van der Waals surface area contributed by atoms with E-state index >= 15 is 0 Å². The summed E-state index contributed by atoms with van der Waals surface area (Å²) in [5, 5.41) is 4.85. The Labute approximate surface area is 89.1 Å². The van der Waals surface area contributed by atoms with Gasteiger partial charge in [-0.25, -0.2) is 5.84 Å². The van der Waals surface area contributed by atoms with Gasteiger partial charge in [-0.15, -0.1) is 23.5 Å². The van der Waals surface area contributed by atoms with Crippen LogP contribution in [0.25, 0.3) is 0 Å². The van der Waals surface area contributed by atoms with Crippen molar-refractivity contribution >= 4 is 5.84 Å². The Bertz CT molecular complexity index is 296. The van der Waals surface area contributed by atoms with Gasteiger partial charge in [-0.2, -0.15) is 0 Å². The van der Waals surface area contributed by atoms with Gasteiger partial charge >= 0.3 is 0 Å². The lowest BCUT2D eigenvalue weighted by Gasteiger charge is -2.30. The first kappa shape index (κ1) is 11.1. The SMILES string of the molecule is C=CCN(CC=C)C1=CC(N)=NN(N)N1. The molecule has 0 fully saturated rings. The highest BCUT2D eigenvalue weighted by molar-refractivity contribution is 5.92. The number of amidine groups is 1. The van der Waals surface area contributed by atoms with E-state index in [9.17, 15) is 0 Å². The fourth-order valence-corrected chi connectivity index (χ4v) is 1.21. The first-order chi connectivity index (χ1) is 7.17. The number of hydrazine groups is 2. The third-order valence-electron chi connectivity index (χ3n) is 1.78. The number of hydrogen-bond acceptors (Lipinski definition) is 6. The zero-order chi connectivity index (χ0) is 11.3. The molecule has 0 radical (unpaired) electrons. The lowest BCUT2D eigenvalue weighted by atomic mass is 10.4. The van der Waals surface area contributed by atoms with Gasteiger partial charge in [0.15, 0.2) is 5.84 Å². The van der Waals surface area contributed by atoms with Gasteiger partial charge in [0.25, 0.3) is 0 Å². The van der Waals surface area contributed by atoms with E-state index in [1.807, 2.05) is 4.90 Å².